The van der Waals surface area contributed by atoms with Crippen LogP contribution in [0.5, 0.6) is 0 Å². The highest BCUT2D eigenvalue weighted by atomic mass is 35.5. The minimum Gasteiger partial charge on any atom is -0.326 e. The molecule has 1 saturated carbocycles. The van der Waals surface area contributed by atoms with E-state index in [1.165, 1.54) is 11.3 Å². The summed E-state index contributed by atoms with van der Waals surface area (Å²) >= 11 is 7.72. The van der Waals surface area contributed by atoms with Gasteiger partial charge in [0.15, 0.2) is 0 Å². The van der Waals surface area contributed by atoms with Crippen LogP contribution < -0.4 is 5.73 Å². The van der Waals surface area contributed by atoms with Crippen LogP contribution in [-0.2, 0) is 0 Å². The van der Waals surface area contributed by atoms with Gasteiger partial charge in [0.1, 0.15) is 0 Å². The summed E-state index contributed by atoms with van der Waals surface area (Å²) in [6, 6.07) is 4.59. The largest absolute Gasteiger partial charge is 0.326 e. The van der Waals surface area contributed by atoms with Gasteiger partial charge >= 0.3 is 0 Å². The fourth-order valence-electron chi connectivity index (χ4n) is 2.60. The lowest BCUT2D eigenvalue weighted by Gasteiger charge is -2.31. The summed E-state index contributed by atoms with van der Waals surface area (Å²) in [6.45, 7) is 5.63. The molecule has 18 heavy (non-hydrogen) atoms. The molecule has 0 bridgehead atoms. The van der Waals surface area contributed by atoms with Gasteiger partial charge in [-0.15, -0.1) is 11.3 Å². The lowest BCUT2D eigenvalue weighted by Crippen LogP contribution is -2.39. The molecule has 1 aromatic heterocycles. The average molecular weight is 287 g/mol. The fraction of sp³-hybridized carbons (Fsp3) is 0.714. The van der Waals surface area contributed by atoms with Gasteiger partial charge in [0, 0.05) is 17.5 Å². The summed E-state index contributed by atoms with van der Waals surface area (Å²) in [7, 11) is 2.19. The van der Waals surface area contributed by atoms with Crippen LogP contribution in [0.3, 0.4) is 0 Å². The van der Waals surface area contributed by atoms with Crippen molar-refractivity contribution < 1.29 is 0 Å². The van der Waals surface area contributed by atoms with E-state index >= 15 is 0 Å². The maximum absolute atomic E-state index is 6.31. The van der Waals surface area contributed by atoms with Crippen molar-refractivity contribution in [2.75, 3.05) is 13.6 Å². The van der Waals surface area contributed by atoms with E-state index in [2.05, 4.69) is 31.9 Å². The summed E-state index contributed by atoms with van der Waals surface area (Å²) in [5, 5.41) is 0. The third-order valence-electron chi connectivity index (χ3n) is 4.04. The number of hydrogen-bond acceptors (Lipinski definition) is 3. The molecule has 0 aliphatic heterocycles. The Morgan fingerprint density at radius 3 is 2.67 bits per heavy atom. The Morgan fingerprint density at radius 1 is 1.56 bits per heavy atom. The lowest BCUT2D eigenvalue weighted by atomic mass is 10.0. The maximum Gasteiger partial charge on any atom is 0.0931 e. The molecule has 2 N–H and O–H groups in total. The fourth-order valence-corrected chi connectivity index (χ4v) is 3.91. The number of halogens is 1. The van der Waals surface area contributed by atoms with Gasteiger partial charge in [0.05, 0.1) is 10.4 Å². The highest BCUT2D eigenvalue weighted by Crippen LogP contribution is 2.40. The second kappa shape index (κ2) is 5.91. The minimum absolute atomic E-state index is 0.179. The van der Waals surface area contributed by atoms with Gasteiger partial charge in [-0.3, -0.25) is 4.90 Å². The Bertz CT molecular complexity index is 393. The molecule has 4 unspecified atom stereocenters. The van der Waals surface area contributed by atoms with Crippen LogP contribution in [0, 0.1) is 11.8 Å². The Hall–Kier alpha value is -0.0900. The van der Waals surface area contributed by atoms with E-state index in [-0.39, 0.29) is 6.04 Å². The summed E-state index contributed by atoms with van der Waals surface area (Å²) in [5.74, 6) is 1.75. The van der Waals surface area contributed by atoms with E-state index in [4.69, 9.17) is 17.3 Å². The normalized spacial score (nSPS) is 26.3. The van der Waals surface area contributed by atoms with Gasteiger partial charge < -0.3 is 5.73 Å². The first-order valence-corrected chi connectivity index (χ1v) is 7.93. The van der Waals surface area contributed by atoms with E-state index < -0.39 is 0 Å². The molecule has 2 rings (SSSR count). The molecular weight excluding hydrogens is 264 g/mol. The summed E-state index contributed by atoms with van der Waals surface area (Å²) in [6.07, 6.45) is 2.36. The smallest absolute Gasteiger partial charge is 0.0931 e. The van der Waals surface area contributed by atoms with Crippen molar-refractivity contribution in [1.82, 2.24) is 4.90 Å². The molecule has 0 spiro atoms. The van der Waals surface area contributed by atoms with Crippen molar-refractivity contribution in [2.45, 2.75) is 38.8 Å². The van der Waals surface area contributed by atoms with Crippen molar-refractivity contribution in [3.63, 3.8) is 0 Å². The lowest BCUT2D eigenvalue weighted by molar-refractivity contribution is 0.202. The summed E-state index contributed by atoms with van der Waals surface area (Å²) < 4.78 is 0.853. The molecule has 1 aliphatic rings. The molecule has 0 saturated heterocycles. The standard InChI is InChI=1S/C14H23ClN2S/c1-4-11(16)14(12-5-6-13(15)18-12)17(3)8-10-7-9(10)2/h5-6,9-11,14H,4,7-8,16H2,1-3H3. The predicted octanol–water partition coefficient (Wildman–Crippen LogP) is 3.77. The van der Waals surface area contributed by atoms with Crippen molar-refractivity contribution in [1.29, 1.82) is 0 Å². The first-order valence-electron chi connectivity index (χ1n) is 6.74. The van der Waals surface area contributed by atoms with Gasteiger partial charge in [-0.05, 0) is 43.9 Å². The van der Waals surface area contributed by atoms with Crippen LogP contribution in [0.4, 0.5) is 0 Å². The highest BCUT2D eigenvalue weighted by molar-refractivity contribution is 7.16. The minimum atomic E-state index is 0.179. The highest BCUT2D eigenvalue weighted by Gasteiger charge is 2.36. The van der Waals surface area contributed by atoms with Crippen LogP contribution >= 0.6 is 22.9 Å². The molecule has 2 nitrogen and oxygen atoms in total. The number of nitrogens with zero attached hydrogens (tertiary/aromatic N) is 1. The molecule has 0 radical (unpaired) electrons. The Labute approximate surface area is 119 Å². The number of likely N-dealkylation sites (N-methyl/N-ethyl adjacent to an activating group) is 1. The van der Waals surface area contributed by atoms with Crippen LogP contribution in [0.25, 0.3) is 0 Å². The second-order valence-corrected chi connectivity index (χ2v) is 7.32. The van der Waals surface area contributed by atoms with E-state index in [0.29, 0.717) is 6.04 Å². The zero-order valence-electron chi connectivity index (χ0n) is 11.4. The molecule has 1 aromatic rings. The molecule has 4 atom stereocenters. The summed E-state index contributed by atoms with van der Waals surface area (Å²) in [4.78, 5) is 3.72. The van der Waals surface area contributed by atoms with Gasteiger partial charge in [-0.1, -0.05) is 25.4 Å². The van der Waals surface area contributed by atoms with Crippen LogP contribution in [0.2, 0.25) is 4.34 Å². The topological polar surface area (TPSA) is 29.3 Å². The van der Waals surface area contributed by atoms with Gasteiger partial charge in [-0.25, -0.2) is 0 Å². The quantitative estimate of drug-likeness (QED) is 0.863. The van der Waals surface area contributed by atoms with Crippen molar-refractivity contribution in [3.8, 4) is 0 Å². The second-order valence-electron chi connectivity index (χ2n) is 5.57. The maximum atomic E-state index is 6.31. The van der Waals surface area contributed by atoms with E-state index in [0.717, 1.165) is 29.1 Å². The molecule has 0 aromatic carbocycles. The Kier molecular flexibility index (Phi) is 4.70. The first kappa shape index (κ1) is 14.3. The third kappa shape index (κ3) is 3.27. The van der Waals surface area contributed by atoms with Crippen LogP contribution in [-0.4, -0.2) is 24.5 Å². The monoisotopic (exact) mass is 286 g/mol. The van der Waals surface area contributed by atoms with Crippen molar-refractivity contribution in [3.05, 3.63) is 21.3 Å². The molecule has 4 heteroatoms. The van der Waals surface area contributed by atoms with E-state index in [1.54, 1.807) is 11.3 Å². The summed E-state index contributed by atoms with van der Waals surface area (Å²) in [5.41, 5.74) is 6.31. The zero-order valence-corrected chi connectivity index (χ0v) is 13.0. The first-order chi connectivity index (χ1) is 8.52. The van der Waals surface area contributed by atoms with Crippen molar-refractivity contribution in [2.24, 2.45) is 17.6 Å². The van der Waals surface area contributed by atoms with Gasteiger partial charge in [0.25, 0.3) is 0 Å². The van der Waals surface area contributed by atoms with Crippen LogP contribution in [0.1, 0.15) is 37.6 Å². The third-order valence-corrected chi connectivity index (χ3v) is 5.34. The van der Waals surface area contributed by atoms with Gasteiger partial charge in [-0.2, -0.15) is 0 Å². The Morgan fingerprint density at radius 2 is 2.22 bits per heavy atom. The Balaban J connectivity index is 2.09. The molecule has 1 aliphatic carbocycles. The number of nitrogens with two attached hydrogens (primary N) is 1. The van der Waals surface area contributed by atoms with E-state index in [9.17, 15) is 0 Å². The molecule has 1 heterocycles. The van der Waals surface area contributed by atoms with Crippen LogP contribution in [0.15, 0.2) is 12.1 Å². The molecular formula is C14H23ClN2S. The number of thiophene rings is 1. The van der Waals surface area contributed by atoms with E-state index in [1.807, 2.05) is 6.07 Å². The average Bonchev–Trinajstić information content (AvgIpc) is 2.84. The van der Waals surface area contributed by atoms with Gasteiger partial charge in [0.2, 0.25) is 0 Å². The molecule has 102 valence electrons. The molecule has 0 amide bonds. The predicted molar refractivity (Wildman–Crippen MR) is 80.2 cm³/mol. The molecule has 1 fully saturated rings. The SMILES string of the molecule is CCC(N)C(c1ccc(Cl)s1)N(C)CC1CC1C. The number of rotatable bonds is 6. The number of hydrogen-bond donors (Lipinski definition) is 1. The van der Waals surface area contributed by atoms with Crippen molar-refractivity contribution >= 4 is 22.9 Å². The zero-order chi connectivity index (χ0) is 13.3.